The number of halogens is 2. The molecule has 16 heteroatoms. The summed E-state index contributed by atoms with van der Waals surface area (Å²) in [5, 5.41) is 21.6. The molecule has 13 nitrogen and oxygen atoms in total. The number of carbonyl (C=O) groups excluding carboxylic acids is 2. The van der Waals surface area contributed by atoms with Crippen LogP contribution in [0.1, 0.15) is 25.3 Å². The fourth-order valence-corrected chi connectivity index (χ4v) is 8.45. The lowest BCUT2D eigenvalue weighted by atomic mass is 9.91. The van der Waals surface area contributed by atoms with Crippen molar-refractivity contribution < 1.29 is 28.2 Å². The van der Waals surface area contributed by atoms with Crippen molar-refractivity contribution in [3.05, 3.63) is 83.0 Å². The zero-order valence-electron chi connectivity index (χ0n) is 25.1. The van der Waals surface area contributed by atoms with Crippen molar-refractivity contribution in [2.45, 2.75) is 48.9 Å². The van der Waals surface area contributed by atoms with E-state index in [1.807, 2.05) is 24.3 Å². The maximum Gasteiger partial charge on any atom is 0.261 e. The summed E-state index contributed by atoms with van der Waals surface area (Å²) in [4.78, 5) is 41.4. The van der Waals surface area contributed by atoms with Gasteiger partial charge in [-0.1, -0.05) is 47.5 Å². The standard InChI is InChI=1S/C31H31Cl2N7O6S/c1-31(12-19-4-6-20(7-5-19)21-13-34-18-35-14-21)29(44)39(24-10-22(32)9-23(33)11-24)30-37-16-27(40(30)31)47(45,46)38-8-2-3-26(38)28(43)36-15-25(42)17-41/h4-7,9-11,13-14,16,18,25-26,41-42H,2-3,8,12,15,17H2,1H3,(H,36,43). The van der Waals surface area contributed by atoms with Crippen molar-refractivity contribution in [3.63, 3.8) is 0 Å². The molecule has 3 N–H and O–H groups in total. The van der Waals surface area contributed by atoms with Crippen molar-refractivity contribution in [2.75, 3.05) is 24.6 Å². The molecule has 0 bridgehead atoms. The lowest BCUT2D eigenvalue weighted by molar-refractivity contribution is -0.125. The molecule has 3 atom stereocenters. The number of aliphatic hydroxyl groups excluding tert-OH is 2. The average Bonchev–Trinajstić information content (AvgIpc) is 3.77. The van der Waals surface area contributed by atoms with Crippen LogP contribution in [0.4, 0.5) is 11.6 Å². The Morgan fingerprint density at radius 3 is 2.43 bits per heavy atom. The van der Waals surface area contributed by atoms with Crippen molar-refractivity contribution in [2.24, 2.45) is 0 Å². The number of hydrogen-bond acceptors (Lipinski definition) is 9. The molecule has 6 rings (SSSR count). The van der Waals surface area contributed by atoms with E-state index in [0.29, 0.717) is 12.1 Å². The van der Waals surface area contributed by atoms with Crippen LogP contribution in [-0.4, -0.2) is 86.1 Å². The minimum absolute atomic E-state index is 0.0544. The number of imidazole rings is 1. The van der Waals surface area contributed by atoms with Crippen LogP contribution in [-0.2, 0) is 31.6 Å². The third-order valence-electron chi connectivity index (χ3n) is 8.37. The van der Waals surface area contributed by atoms with Crippen LogP contribution in [0.3, 0.4) is 0 Å². The van der Waals surface area contributed by atoms with Gasteiger partial charge in [0.1, 0.15) is 17.9 Å². The minimum Gasteiger partial charge on any atom is -0.394 e. The molecule has 0 saturated carbocycles. The van der Waals surface area contributed by atoms with Gasteiger partial charge in [0.15, 0.2) is 5.03 Å². The van der Waals surface area contributed by atoms with E-state index in [0.717, 1.165) is 21.0 Å². The Hall–Kier alpha value is -3.92. The molecule has 0 radical (unpaired) electrons. The number of rotatable bonds is 10. The highest BCUT2D eigenvalue weighted by Crippen LogP contribution is 2.45. The molecule has 4 heterocycles. The third kappa shape index (κ3) is 6.12. The summed E-state index contributed by atoms with van der Waals surface area (Å²) in [6, 6.07) is 11.0. The Morgan fingerprint density at radius 2 is 1.77 bits per heavy atom. The molecule has 4 aromatic rings. The lowest BCUT2D eigenvalue weighted by Gasteiger charge is -2.29. The Morgan fingerprint density at radius 1 is 1.09 bits per heavy atom. The first-order valence-corrected chi connectivity index (χ1v) is 17.0. The Balaban J connectivity index is 1.41. The third-order valence-corrected chi connectivity index (χ3v) is 10.7. The van der Waals surface area contributed by atoms with Crippen molar-refractivity contribution in [3.8, 4) is 11.1 Å². The SMILES string of the molecule is CC1(Cc2ccc(-c3cncnc3)cc2)C(=O)N(c2cc(Cl)cc(Cl)c2)c2ncc(S(=O)(=O)N3CCCC3C(=O)NCC(O)CO)n21. The summed E-state index contributed by atoms with van der Waals surface area (Å²) in [5.74, 6) is -0.999. The number of aliphatic hydroxyl groups is 2. The molecule has 246 valence electrons. The monoisotopic (exact) mass is 699 g/mol. The van der Waals surface area contributed by atoms with Gasteiger partial charge in [-0.3, -0.25) is 14.2 Å². The van der Waals surface area contributed by atoms with Crippen LogP contribution < -0.4 is 10.2 Å². The normalized spacial score (nSPS) is 20.4. The number of nitrogens with zero attached hydrogens (tertiary/aromatic N) is 6. The second-order valence-electron chi connectivity index (χ2n) is 11.6. The van der Waals surface area contributed by atoms with Gasteiger partial charge in [-0.25, -0.2) is 28.3 Å². The second kappa shape index (κ2) is 12.9. The van der Waals surface area contributed by atoms with E-state index in [4.69, 9.17) is 28.3 Å². The topological polar surface area (TPSA) is 171 Å². The highest BCUT2D eigenvalue weighted by atomic mass is 35.5. The maximum atomic E-state index is 14.5. The second-order valence-corrected chi connectivity index (χ2v) is 14.3. The van der Waals surface area contributed by atoms with Gasteiger partial charge >= 0.3 is 0 Å². The number of aromatic nitrogens is 4. The zero-order valence-corrected chi connectivity index (χ0v) is 27.5. The molecule has 0 spiro atoms. The summed E-state index contributed by atoms with van der Waals surface area (Å²) in [6.07, 6.45) is 5.59. The van der Waals surface area contributed by atoms with Gasteiger partial charge in [-0.05, 0) is 49.1 Å². The Labute approximate surface area is 280 Å². The average molecular weight is 701 g/mol. The number of hydrogen-bond donors (Lipinski definition) is 3. The van der Waals surface area contributed by atoms with Crippen LogP contribution in [0.2, 0.25) is 10.0 Å². The highest BCUT2D eigenvalue weighted by molar-refractivity contribution is 7.89. The number of amides is 2. The van der Waals surface area contributed by atoms with Gasteiger partial charge in [0.2, 0.25) is 11.9 Å². The Kier molecular flexibility index (Phi) is 9.09. The quantitative estimate of drug-likeness (QED) is 0.225. The van der Waals surface area contributed by atoms with Gasteiger partial charge < -0.3 is 15.5 Å². The largest absolute Gasteiger partial charge is 0.394 e. The van der Waals surface area contributed by atoms with Gasteiger partial charge in [-0.2, -0.15) is 4.31 Å². The Bertz CT molecular complexity index is 1910. The number of carbonyl (C=O) groups is 2. The van der Waals surface area contributed by atoms with Crippen molar-refractivity contribution in [1.82, 2.24) is 29.1 Å². The lowest BCUT2D eigenvalue weighted by Crippen LogP contribution is -2.49. The first-order chi connectivity index (χ1) is 22.4. The number of sulfonamides is 1. The highest BCUT2D eigenvalue weighted by Gasteiger charge is 2.53. The zero-order chi connectivity index (χ0) is 33.5. The van der Waals surface area contributed by atoms with E-state index >= 15 is 0 Å². The van der Waals surface area contributed by atoms with E-state index in [1.54, 1.807) is 31.5 Å². The molecule has 2 aliphatic rings. The summed E-state index contributed by atoms with van der Waals surface area (Å²) < 4.78 is 31.3. The molecule has 47 heavy (non-hydrogen) atoms. The molecule has 1 fully saturated rings. The summed E-state index contributed by atoms with van der Waals surface area (Å²) >= 11 is 12.6. The fourth-order valence-electron chi connectivity index (χ4n) is 6.09. The molecule has 0 aliphatic carbocycles. The van der Waals surface area contributed by atoms with Crippen LogP contribution in [0.25, 0.3) is 11.1 Å². The molecule has 3 unspecified atom stereocenters. The van der Waals surface area contributed by atoms with E-state index in [9.17, 15) is 23.1 Å². The van der Waals surface area contributed by atoms with Gasteiger partial charge in [0.25, 0.3) is 15.9 Å². The number of nitrogens with one attached hydrogen (secondary N) is 1. The predicted molar refractivity (Wildman–Crippen MR) is 174 cm³/mol. The minimum atomic E-state index is -4.39. The van der Waals surface area contributed by atoms with Crippen LogP contribution in [0.15, 0.2) is 72.4 Å². The first-order valence-electron chi connectivity index (χ1n) is 14.8. The van der Waals surface area contributed by atoms with E-state index < -0.39 is 46.1 Å². The molecular weight excluding hydrogens is 669 g/mol. The van der Waals surface area contributed by atoms with Crippen LogP contribution in [0, 0.1) is 0 Å². The molecule has 1 saturated heterocycles. The number of anilines is 2. The summed E-state index contributed by atoms with van der Waals surface area (Å²) in [7, 11) is -4.39. The van der Waals surface area contributed by atoms with Gasteiger partial charge in [0, 0.05) is 47.5 Å². The van der Waals surface area contributed by atoms with E-state index in [-0.39, 0.29) is 47.0 Å². The fraction of sp³-hybridized carbons (Fsp3) is 0.323. The number of benzene rings is 2. The molecule has 2 aromatic heterocycles. The van der Waals surface area contributed by atoms with Gasteiger partial charge in [-0.15, -0.1) is 0 Å². The summed E-state index contributed by atoms with van der Waals surface area (Å²) in [6.45, 7) is 0.919. The molecule has 2 amide bonds. The molecular formula is C31H31Cl2N7O6S. The summed E-state index contributed by atoms with van der Waals surface area (Å²) in [5.41, 5.74) is 1.25. The molecule has 2 aliphatic heterocycles. The number of fused-ring (bicyclic) bond motifs is 1. The predicted octanol–water partition coefficient (Wildman–Crippen LogP) is 2.91. The van der Waals surface area contributed by atoms with Crippen LogP contribution in [0.5, 0.6) is 0 Å². The van der Waals surface area contributed by atoms with Crippen molar-refractivity contribution in [1.29, 1.82) is 0 Å². The van der Waals surface area contributed by atoms with E-state index in [1.165, 1.54) is 28.1 Å². The molecule has 2 aromatic carbocycles. The van der Waals surface area contributed by atoms with Gasteiger partial charge in [0.05, 0.1) is 24.6 Å². The smallest absolute Gasteiger partial charge is 0.261 e. The van der Waals surface area contributed by atoms with Crippen LogP contribution >= 0.6 is 23.2 Å². The first kappa shape index (κ1) is 33.0. The van der Waals surface area contributed by atoms with E-state index in [2.05, 4.69) is 20.3 Å². The maximum absolute atomic E-state index is 14.5. The van der Waals surface area contributed by atoms with Crippen molar-refractivity contribution >= 4 is 56.7 Å².